The van der Waals surface area contributed by atoms with Crippen LogP contribution in [0.5, 0.6) is 5.75 Å². The number of ether oxygens (including phenoxy) is 1. The van der Waals surface area contributed by atoms with E-state index in [0.717, 1.165) is 37.3 Å². The van der Waals surface area contributed by atoms with Crippen molar-refractivity contribution in [3.63, 3.8) is 0 Å². The van der Waals surface area contributed by atoms with E-state index in [1.165, 1.54) is 0 Å². The second kappa shape index (κ2) is 6.83. The van der Waals surface area contributed by atoms with Crippen LogP contribution in [0.3, 0.4) is 0 Å². The summed E-state index contributed by atoms with van der Waals surface area (Å²) in [5, 5.41) is 16.7. The molecule has 1 aliphatic rings. The molecule has 1 aliphatic heterocycles. The molecule has 1 aromatic heterocycles. The minimum absolute atomic E-state index is 0.149. The molecule has 6 heteroatoms. The molecule has 2 heterocycles. The van der Waals surface area contributed by atoms with Crippen molar-refractivity contribution in [2.75, 3.05) is 13.2 Å². The first-order valence-electron chi connectivity index (χ1n) is 7.83. The lowest BCUT2D eigenvalue weighted by Crippen LogP contribution is -2.24. The Hall–Kier alpha value is -2.34. The predicted molar refractivity (Wildman–Crippen MR) is 85.3 cm³/mol. The van der Waals surface area contributed by atoms with Crippen molar-refractivity contribution in [1.29, 1.82) is 0 Å². The molecule has 2 N–H and O–H groups in total. The molecule has 23 heavy (non-hydrogen) atoms. The summed E-state index contributed by atoms with van der Waals surface area (Å²) in [6.07, 6.45) is 3.47. The fourth-order valence-electron chi connectivity index (χ4n) is 2.89. The van der Waals surface area contributed by atoms with Gasteiger partial charge < -0.3 is 15.2 Å². The van der Waals surface area contributed by atoms with Crippen molar-refractivity contribution in [2.24, 2.45) is 0 Å². The first-order chi connectivity index (χ1) is 11.1. The number of amides is 1. The minimum atomic E-state index is -0.149. The van der Waals surface area contributed by atoms with E-state index in [2.05, 4.69) is 10.4 Å². The molecule has 0 radical (unpaired) electrons. The van der Waals surface area contributed by atoms with E-state index in [1.54, 1.807) is 24.4 Å². The summed E-state index contributed by atoms with van der Waals surface area (Å²) in [5.41, 5.74) is 2.33. The van der Waals surface area contributed by atoms with Gasteiger partial charge in [0.25, 0.3) is 5.91 Å². The van der Waals surface area contributed by atoms with E-state index in [-0.39, 0.29) is 11.7 Å². The van der Waals surface area contributed by atoms with Crippen LogP contribution in [-0.2, 0) is 11.3 Å². The summed E-state index contributed by atoms with van der Waals surface area (Å²) in [6.45, 7) is 3.77. The molecule has 1 amide bonds. The zero-order valence-corrected chi connectivity index (χ0v) is 13.2. The molecule has 0 saturated carbocycles. The molecule has 3 rings (SSSR count). The topological polar surface area (TPSA) is 76.4 Å². The fraction of sp³-hybridized carbons (Fsp3) is 0.412. The van der Waals surface area contributed by atoms with Crippen molar-refractivity contribution in [3.05, 3.63) is 47.3 Å². The average molecular weight is 315 g/mol. The predicted octanol–water partition coefficient (Wildman–Crippen LogP) is 2.18. The highest BCUT2D eigenvalue weighted by Crippen LogP contribution is 2.23. The summed E-state index contributed by atoms with van der Waals surface area (Å²) < 4.78 is 7.31. The van der Waals surface area contributed by atoms with Crippen molar-refractivity contribution < 1.29 is 14.6 Å². The minimum Gasteiger partial charge on any atom is -0.508 e. The fourth-order valence-corrected chi connectivity index (χ4v) is 2.89. The number of phenols is 1. The third-order valence-corrected chi connectivity index (χ3v) is 4.19. The van der Waals surface area contributed by atoms with E-state index >= 15 is 0 Å². The van der Waals surface area contributed by atoms with Crippen molar-refractivity contribution in [1.82, 2.24) is 15.1 Å². The number of aromatic nitrogens is 2. The Morgan fingerprint density at radius 1 is 1.43 bits per heavy atom. The number of rotatable bonds is 4. The van der Waals surface area contributed by atoms with E-state index in [0.29, 0.717) is 18.2 Å². The molecular formula is C17H21N3O3. The lowest BCUT2D eigenvalue weighted by molar-refractivity contribution is 0.0656. The molecule has 1 fully saturated rings. The Morgan fingerprint density at radius 3 is 2.96 bits per heavy atom. The molecule has 0 aliphatic carbocycles. The maximum atomic E-state index is 12.4. The van der Waals surface area contributed by atoms with E-state index in [4.69, 9.17) is 4.74 Å². The zero-order chi connectivity index (χ0) is 16.2. The monoisotopic (exact) mass is 315 g/mol. The third kappa shape index (κ3) is 3.53. The van der Waals surface area contributed by atoms with Crippen LogP contribution >= 0.6 is 0 Å². The van der Waals surface area contributed by atoms with Gasteiger partial charge in [-0.15, -0.1) is 0 Å². The van der Waals surface area contributed by atoms with Gasteiger partial charge in [-0.2, -0.15) is 5.10 Å². The number of aromatic hydroxyl groups is 1. The number of phenolic OH excluding ortho intramolecular Hbond substituents is 1. The quantitative estimate of drug-likeness (QED) is 0.906. The van der Waals surface area contributed by atoms with Crippen LogP contribution in [0.25, 0.3) is 0 Å². The molecule has 2 aromatic rings. The number of hydrogen-bond acceptors (Lipinski definition) is 4. The Kier molecular flexibility index (Phi) is 4.62. The number of nitrogens with zero attached hydrogens (tertiary/aromatic N) is 2. The van der Waals surface area contributed by atoms with Gasteiger partial charge in [-0.05, 0) is 37.5 Å². The van der Waals surface area contributed by atoms with Crippen LogP contribution < -0.4 is 5.32 Å². The first kappa shape index (κ1) is 15.6. The molecule has 0 unspecified atom stereocenters. The summed E-state index contributed by atoms with van der Waals surface area (Å²) >= 11 is 0. The van der Waals surface area contributed by atoms with Gasteiger partial charge in [0.05, 0.1) is 17.8 Å². The number of carbonyl (C=O) groups is 1. The molecule has 122 valence electrons. The summed E-state index contributed by atoms with van der Waals surface area (Å²) in [5.74, 6) is 0.0458. The number of carbonyl (C=O) groups excluding carboxylic acids is 1. The van der Waals surface area contributed by atoms with Gasteiger partial charge in [-0.1, -0.05) is 12.1 Å². The average Bonchev–Trinajstić information content (AvgIpc) is 2.95. The highest BCUT2D eigenvalue weighted by atomic mass is 16.5. The Balaban J connectivity index is 1.66. The van der Waals surface area contributed by atoms with Gasteiger partial charge in [0.2, 0.25) is 0 Å². The zero-order valence-electron chi connectivity index (χ0n) is 13.2. The van der Waals surface area contributed by atoms with Crippen molar-refractivity contribution in [3.8, 4) is 5.75 Å². The van der Waals surface area contributed by atoms with Gasteiger partial charge >= 0.3 is 0 Å². The van der Waals surface area contributed by atoms with Gasteiger partial charge in [0.1, 0.15) is 5.75 Å². The Morgan fingerprint density at radius 2 is 2.22 bits per heavy atom. The van der Waals surface area contributed by atoms with E-state index in [1.807, 2.05) is 17.7 Å². The SMILES string of the molecule is Cc1c(C(=O)NCc2cccc(O)c2)cnn1C1CCOCC1. The largest absolute Gasteiger partial charge is 0.508 e. The van der Waals surface area contributed by atoms with Gasteiger partial charge in [-0.3, -0.25) is 9.48 Å². The van der Waals surface area contributed by atoms with Crippen LogP contribution in [0.4, 0.5) is 0 Å². The molecule has 6 nitrogen and oxygen atoms in total. The highest BCUT2D eigenvalue weighted by Gasteiger charge is 2.21. The van der Waals surface area contributed by atoms with Gasteiger partial charge in [-0.25, -0.2) is 0 Å². The van der Waals surface area contributed by atoms with Gasteiger partial charge in [0.15, 0.2) is 0 Å². The van der Waals surface area contributed by atoms with E-state index in [9.17, 15) is 9.90 Å². The number of benzene rings is 1. The summed E-state index contributed by atoms with van der Waals surface area (Å²) in [7, 11) is 0. The summed E-state index contributed by atoms with van der Waals surface area (Å²) in [6, 6.07) is 7.16. The lowest BCUT2D eigenvalue weighted by Gasteiger charge is -2.23. The maximum absolute atomic E-state index is 12.4. The Labute approximate surface area is 135 Å². The number of nitrogens with one attached hydrogen (secondary N) is 1. The summed E-state index contributed by atoms with van der Waals surface area (Å²) in [4.78, 5) is 12.4. The smallest absolute Gasteiger partial charge is 0.255 e. The lowest BCUT2D eigenvalue weighted by atomic mass is 10.1. The molecular weight excluding hydrogens is 294 g/mol. The molecule has 0 atom stereocenters. The maximum Gasteiger partial charge on any atom is 0.255 e. The normalized spacial score (nSPS) is 15.5. The second-order valence-corrected chi connectivity index (χ2v) is 5.78. The van der Waals surface area contributed by atoms with Crippen LogP contribution in [-0.4, -0.2) is 34.0 Å². The molecule has 0 bridgehead atoms. The third-order valence-electron chi connectivity index (χ3n) is 4.19. The van der Waals surface area contributed by atoms with Crippen molar-refractivity contribution >= 4 is 5.91 Å². The molecule has 0 spiro atoms. The van der Waals surface area contributed by atoms with E-state index < -0.39 is 0 Å². The molecule has 1 aromatic carbocycles. The second-order valence-electron chi connectivity index (χ2n) is 5.78. The Bertz CT molecular complexity index is 690. The standard InChI is InChI=1S/C17H21N3O3/c1-12-16(11-19-20(12)14-5-7-23-8-6-14)17(22)18-10-13-3-2-4-15(21)9-13/h2-4,9,11,14,21H,5-8,10H2,1H3,(H,18,22). The highest BCUT2D eigenvalue weighted by molar-refractivity contribution is 5.95. The number of hydrogen-bond donors (Lipinski definition) is 2. The van der Waals surface area contributed by atoms with Crippen LogP contribution in [0, 0.1) is 6.92 Å². The van der Waals surface area contributed by atoms with Crippen LogP contribution in [0.15, 0.2) is 30.5 Å². The van der Waals surface area contributed by atoms with Crippen LogP contribution in [0.2, 0.25) is 0 Å². The van der Waals surface area contributed by atoms with Crippen LogP contribution in [0.1, 0.15) is 40.5 Å². The van der Waals surface area contributed by atoms with Gasteiger partial charge in [0, 0.05) is 25.5 Å². The first-order valence-corrected chi connectivity index (χ1v) is 7.83. The van der Waals surface area contributed by atoms with Crippen molar-refractivity contribution in [2.45, 2.75) is 32.4 Å². The molecule has 1 saturated heterocycles.